The summed E-state index contributed by atoms with van der Waals surface area (Å²) < 4.78 is 4.72. The van der Waals surface area contributed by atoms with Crippen LogP contribution in [-0.4, -0.2) is 47.6 Å². The van der Waals surface area contributed by atoms with Gasteiger partial charge in [0.15, 0.2) is 0 Å². The first-order chi connectivity index (χ1) is 8.84. The molecule has 0 bridgehead atoms. The Hall–Kier alpha value is -2.10. The third-order valence-corrected chi connectivity index (χ3v) is 2.12. The van der Waals surface area contributed by atoms with Crippen LogP contribution in [0.1, 0.15) is 19.8 Å². The van der Waals surface area contributed by atoms with Gasteiger partial charge in [-0.2, -0.15) is 0 Å². The molecule has 0 aromatic heterocycles. The van der Waals surface area contributed by atoms with Crippen LogP contribution in [-0.2, 0) is 14.4 Å². The van der Waals surface area contributed by atoms with E-state index < -0.39 is 29.3 Å². The van der Waals surface area contributed by atoms with E-state index >= 15 is 0 Å². The van der Waals surface area contributed by atoms with Crippen LogP contribution in [0.15, 0.2) is 0 Å². The molecule has 0 heterocycles. The summed E-state index contributed by atoms with van der Waals surface area (Å²) in [5.41, 5.74) is 5.25. The molecule has 0 saturated carbocycles. The summed E-state index contributed by atoms with van der Waals surface area (Å²) in [5.74, 6) is -1.27. The van der Waals surface area contributed by atoms with Crippen molar-refractivity contribution < 1.29 is 29.4 Å². The van der Waals surface area contributed by atoms with Gasteiger partial charge in [0.05, 0.1) is 6.61 Å². The van der Waals surface area contributed by atoms with Gasteiger partial charge in [-0.05, 0) is 19.8 Å². The highest BCUT2D eigenvalue weighted by Gasteiger charge is 2.23. The number of alkyl carbamates (subject to hydrolysis) is 1. The molecule has 110 valence electrons. The molecule has 0 spiro atoms. The van der Waals surface area contributed by atoms with E-state index in [9.17, 15) is 19.7 Å². The lowest BCUT2D eigenvalue weighted by Gasteiger charge is -2.17. The summed E-state index contributed by atoms with van der Waals surface area (Å²) in [4.78, 5) is 35.6. The van der Waals surface area contributed by atoms with Crippen LogP contribution < -0.4 is 11.1 Å². The molecule has 0 aromatic rings. The van der Waals surface area contributed by atoms with Gasteiger partial charge in [-0.15, -0.1) is 10.1 Å². The number of ether oxygens (including phenoxy) is 1. The van der Waals surface area contributed by atoms with Gasteiger partial charge in [0, 0.05) is 6.54 Å². The second kappa shape index (κ2) is 8.91. The minimum absolute atomic E-state index is 0.0516. The fourth-order valence-electron chi connectivity index (χ4n) is 1.04. The Morgan fingerprint density at radius 1 is 1.47 bits per heavy atom. The highest BCUT2D eigenvalue weighted by molar-refractivity contribution is 5.75. The molecule has 2 atom stereocenters. The summed E-state index contributed by atoms with van der Waals surface area (Å²) >= 11 is 0. The SMILES string of the molecule is CC(OC(=O)NCCCCO[N+](=O)[O-])C(N)C(=O)O. The van der Waals surface area contributed by atoms with Gasteiger partial charge in [0.2, 0.25) is 0 Å². The fourth-order valence-corrected chi connectivity index (χ4v) is 1.04. The van der Waals surface area contributed by atoms with E-state index in [1.54, 1.807) is 0 Å². The van der Waals surface area contributed by atoms with Crippen molar-refractivity contribution in [1.29, 1.82) is 0 Å². The summed E-state index contributed by atoms with van der Waals surface area (Å²) in [7, 11) is 0. The molecule has 0 aliphatic heterocycles. The Morgan fingerprint density at radius 3 is 2.63 bits per heavy atom. The van der Waals surface area contributed by atoms with E-state index in [0.29, 0.717) is 12.8 Å². The highest BCUT2D eigenvalue weighted by atomic mass is 16.9. The van der Waals surface area contributed by atoms with E-state index in [4.69, 9.17) is 15.6 Å². The molecule has 1 amide bonds. The molecule has 19 heavy (non-hydrogen) atoms. The number of aliphatic carboxylic acids is 1. The van der Waals surface area contributed by atoms with E-state index in [2.05, 4.69) is 10.2 Å². The average molecular weight is 279 g/mol. The Balaban J connectivity index is 3.64. The Labute approximate surface area is 108 Å². The van der Waals surface area contributed by atoms with Crippen molar-refractivity contribution in [2.75, 3.05) is 13.2 Å². The lowest BCUT2D eigenvalue weighted by atomic mass is 10.2. The number of rotatable bonds is 9. The van der Waals surface area contributed by atoms with E-state index in [1.807, 2.05) is 0 Å². The highest BCUT2D eigenvalue weighted by Crippen LogP contribution is 1.97. The molecular formula is C9H17N3O7. The first-order valence-corrected chi connectivity index (χ1v) is 5.54. The summed E-state index contributed by atoms with van der Waals surface area (Å²) in [6.45, 7) is 1.54. The van der Waals surface area contributed by atoms with Crippen molar-refractivity contribution in [3.8, 4) is 0 Å². The maximum absolute atomic E-state index is 11.2. The monoisotopic (exact) mass is 279 g/mol. The predicted molar refractivity (Wildman–Crippen MR) is 61.7 cm³/mol. The van der Waals surface area contributed by atoms with Gasteiger partial charge in [0.25, 0.3) is 5.09 Å². The number of carbonyl (C=O) groups excluding carboxylic acids is 1. The molecule has 0 rings (SSSR count). The molecule has 4 N–H and O–H groups in total. The molecule has 0 fully saturated rings. The lowest BCUT2D eigenvalue weighted by molar-refractivity contribution is -0.757. The predicted octanol–water partition coefficient (Wildman–Crippen LogP) is -0.498. The molecular weight excluding hydrogens is 262 g/mol. The minimum atomic E-state index is -1.29. The van der Waals surface area contributed by atoms with Crippen LogP contribution >= 0.6 is 0 Å². The Kier molecular flexibility index (Phi) is 7.93. The van der Waals surface area contributed by atoms with Gasteiger partial charge in [0.1, 0.15) is 12.1 Å². The van der Waals surface area contributed by atoms with Crippen molar-refractivity contribution in [3.63, 3.8) is 0 Å². The quantitative estimate of drug-likeness (QED) is 0.290. The largest absolute Gasteiger partial charge is 0.480 e. The standard InChI is InChI=1S/C9H17N3O7/c1-6(7(10)8(13)14)19-9(15)11-4-2-3-5-18-12(16)17/h6-7H,2-5,10H2,1H3,(H,11,15)(H,13,14). The Morgan fingerprint density at radius 2 is 2.11 bits per heavy atom. The Bertz CT molecular complexity index is 323. The number of nitrogens with two attached hydrogens (primary N) is 1. The van der Waals surface area contributed by atoms with Crippen LogP contribution in [0.2, 0.25) is 0 Å². The zero-order chi connectivity index (χ0) is 14.8. The summed E-state index contributed by atoms with van der Waals surface area (Å²) in [6.07, 6.45) is -0.900. The van der Waals surface area contributed by atoms with Crippen LogP contribution in [0.4, 0.5) is 4.79 Å². The number of carbonyl (C=O) groups is 2. The molecule has 2 unspecified atom stereocenters. The lowest BCUT2D eigenvalue weighted by Crippen LogP contribution is -2.44. The van der Waals surface area contributed by atoms with Crippen molar-refractivity contribution in [1.82, 2.24) is 5.32 Å². The van der Waals surface area contributed by atoms with Crippen molar-refractivity contribution >= 4 is 12.1 Å². The molecule has 0 aromatic carbocycles. The van der Waals surface area contributed by atoms with Gasteiger partial charge < -0.3 is 25.7 Å². The van der Waals surface area contributed by atoms with Gasteiger partial charge in [-0.25, -0.2) is 4.79 Å². The normalized spacial score (nSPS) is 13.2. The average Bonchev–Trinajstić information content (AvgIpc) is 2.31. The van der Waals surface area contributed by atoms with Gasteiger partial charge >= 0.3 is 12.1 Å². The first-order valence-electron chi connectivity index (χ1n) is 5.54. The molecule has 10 heteroatoms. The van der Waals surface area contributed by atoms with Crippen molar-refractivity contribution in [2.24, 2.45) is 5.73 Å². The molecule has 0 aliphatic rings. The van der Waals surface area contributed by atoms with Crippen LogP contribution in [0.25, 0.3) is 0 Å². The molecule has 0 aliphatic carbocycles. The van der Waals surface area contributed by atoms with E-state index in [1.165, 1.54) is 6.92 Å². The van der Waals surface area contributed by atoms with Crippen molar-refractivity contribution in [2.45, 2.75) is 31.9 Å². The van der Waals surface area contributed by atoms with Gasteiger partial charge in [-0.1, -0.05) is 0 Å². The van der Waals surface area contributed by atoms with Crippen molar-refractivity contribution in [3.05, 3.63) is 10.1 Å². The molecule has 10 nitrogen and oxygen atoms in total. The van der Waals surface area contributed by atoms with Crippen LogP contribution in [0, 0.1) is 10.1 Å². The summed E-state index contributed by atoms with van der Waals surface area (Å²) in [5, 5.41) is 19.9. The smallest absolute Gasteiger partial charge is 0.407 e. The number of unbranched alkanes of at least 4 members (excludes halogenated alkanes) is 1. The maximum atomic E-state index is 11.2. The number of carboxylic acid groups (broad SMARTS) is 1. The van der Waals surface area contributed by atoms with E-state index in [-0.39, 0.29) is 13.2 Å². The van der Waals surface area contributed by atoms with Crippen LogP contribution in [0.3, 0.4) is 0 Å². The number of carboxylic acids is 1. The zero-order valence-electron chi connectivity index (χ0n) is 10.4. The number of amides is 1. The minimum Gasteiger partial charge on any atom is -0.480 e. The van der Waals surface area contributed by atoms with E-state index in [0.717, 1.165) is 0 Å². The number of nitrogens with zero attached hydrogens (tertiary/aromatic N) is 1. The number of hydrogen-bond donors (Lipinski definition) is 3. The molecule has 0 saturated heterocycles. The van der Waals surface area contributed by atoms with Gasteiger partial charge in [-0.3, -0.25) is 4.79 Å². The van der Waals surface area contributed by atoms with Crippen LogP contribution in [0.5, 0.6) is 0 Å². The maximum Gasteiger partial charge on any atom is 0.407 e. The zero-order valence-corrected chi connectivity index (χ0v) is 10.4. The third-order valence-electron chi connectivity index (χ3n) is 2.12. The summed E-state index contributed by atoms with van der Waals surface area (Å²) in [6, 6.07) is -1.29. The second-order valence-corrected chi connectivity index (χ2v) is 3.67. The first kappa shape index (κ1) is 16.9. The second-order valence-electron chi connectivity index (χ2n) is 3.67. The number of hydrogen-bond acceptors (Lipinski definition) is 7. The fraction of sp³-hybridized carbons (Fsp3) is 0.778. The number of nitrogens with one attached hydrogen (secondary N) is 1. The third kappa shape index (κ3) is 8.60. The topological polar surface area (TPSA) is 154 Å². The molecule has 0 radical (unpaired) electrons.